The molecule has 1 N–H and O–H groups in total. The van der Waals surface area contributed by atoms with E-state index in [1.54, 1.807) is 33.7 Å². The molecule has 1 atom stereocenters. The standard InChI is InChI=1S/C37H26N2O3/c40-28-23-21-25(22-24-28)33(34-29-17-9-3-11-19-31(29)38(36(34)41)26-13-5-1-6-14-26)35-30-18-10-4-12-20-32(30)39(37(35)42)27-15-7-2-8-16-27/h1-24,29,40H. The number of hydrogen-bond donors (Lipinski definition) is 1. The highest BCUT2D eigenvalue weighted by Gasteiger charge is 2.43. The van der Waals surface area contributed by atoms with Crippen LogP contribution in [0.4, 0.5) is 5.69 Å². The van der Waals surface area contributed by atoms with Gasteiger partial charge < -0.3 is 5.11 Å². The van der Waals surface area contributed by atoms with Gasteiger partial charge in [0.15, 0.2) is 0 Å². The van der Waals surface area contributed by atoms with E-state index in [-0.39, 0.29) is 17.2 Å². The summed E-state index contributed by atoms with van der Waals surface area (Å²) in [5.41, 5.74) is 5.73. The molecule has 0 saturated carbocycles. The molecular formula is C37H26N2O3. The van der Waals surface area contributed by atoms with Crippen LogP contribution in [0, 0.1) is 5.92 Å². The van der Waals surface area contributed by atoms with Crippen LogP contribution in [0.15, 0.2) is 162 Å². The van der Waals surface area contributed by atoms with Gasteiger partial charge >= 0.3 is 0 Å². The van der Waals surface area contributed by atoms with Gasteiger partial charge in [-0.1, -0.05) is 97.1 Å². The van der Waals surface area contributed by atoms with Crippen molar-refractivity contribution in [3.63, 3.8) is 0 Å². The maximum atomic E-state index is 14.6. The molecule has 3 aromatic rings. The quantitative estimate of drug-likeness (QED) is 0.244. The molecule has 2 heterocycles. The van der Waals surface area contributed by atoms with Crippen molar-refractivity contribution < 1.29 is 9.90 Å². The Bertz CT molecular complexity index is 1960. The van der Waals surface area contributed by atoms with E-state index in [0.717, 1.165) is 28.3 Å². The molecule has 1 fully saturated rings. The molecule has 0 spiro atoms. The van der Waals surface area contributed by atoms with Crippen molar-refractivity contribution in [2.24, 2.45) is 5.92 Å². The molecule has 202 valence electrons. The third-order valence-electron chi connectivity index (χ3n) is 7.76. The summed E-state index contributed by atoms with van der Waals surface area (Å²) in [5, 5.41) is 10.2. The molecule has 1 saturated heterocycles. The first kappa shape index (κ1) is 25.3. The SMILES string of the molecule is O=C1C(=C(c2ccc(O)cc2)c2c3cccccc-3n(-c3ccccc3)c2=O)C2C=CC=CC=C2N1c1ccccc1. The lowest BCUT2D eigenvalue weighted by atomic mass is 9.86. The Morgan fingerprint density at radius 1 is 0.667 bits per heavy atom. The Kier molecular flexibility index (Phi) is 6.25. The summed E-state index contributed by atoms with van der Waals surface area (Å²) in [4.78, 5) is 31.0. The van der Waals surface area contributed by atoms with Crippen LogP contribution in [-0.4, -0.2) is 15.6 Å². The van der Waals surface area contributed by atoms with E-state index in [2.05, 4.69) is 0 Å². The highest BCUT2D eigenvalue weighted by Crippen LogP contribution is 2.46. The first-order valence-corrected chi connectivity index (χ1v) is 13.8. The van der Waals surface area contributed by atoms with Crippen molar-refractivity contribution >= 4 is 17.2 Å². The van der Waals surface area contributed by atoms with Crippen molar-refractivity contribution in [3.8, 4) is 22.7 Å². The van der Waals surface area contributed by atoms with Crippen LogP contribution < -0.4 is 10.5 Å². The number of aromatic hydroxyl groups is 1. The predicted molar refractivity (Wildman–Crippen MR) is 167 cm³/mol. The lowest BCUT2D eigenvalue weighted by Crippen LogP contribution is -2.24. The number of aromatic nitrogens is 1. The fourth-order valence-electron chi connectivity index (χ4n) is 5.95. The summed E-state index contributed by atoms with van der Waals surface area (Å²) >= 11 is 0. The molecule has 0 radical (unpaired) electrons. The van der Waals surface area contributed by atoms with Crippen LogP contribution >= 0.6 is 0 Å². The number of carbonyl (C=O) groups excluding carboxylic acids is 1. The Morgan fingerprint density at radius 2 is 1.31 bits per heavy atom. The van der Waals surface area contributed by atoms with Gasteiger partial charge in [-0.05, 0) is 54.1 Å². The number of allylic oxidation sites excluding steroid dienone is 5. The fourth-order valence-corrected chi connectivity index (χ4v) is 5.95. The van der Waals surface area contributed by atoms with Crippen LogP contribution in [0.25, 0.3) is 22.5 Å². The molecule has 4 aliphatic rings. The number of nitrogens with zero attached hydrogens (tertiary/aromatic N) is 2. The summed E-state index contributed by atoms with van der Waals surface area (Å²) in [5.74, 6) is -0.490. The number of carbonyl (C=O) groups is 1. The summed E-state index contributed by atoms with van der Waals surface area (Å²) in [6.45, 7) is 0. The van der Waals surface area contributed by atoms with Crippen molar-refractivity contribution in [3.05, 3.63) is 178 Å². The number of amides is 1. The molecule has 1 unspecified atom stereocenters. The van der Waals surface area contributed by atoms with E-state index >= 15 is 0 Å². The molecule has 0 aromatic heterocycles. The van der Waals surface area contributed by atoms with Gasteiger partial charge in [0.05, 0.1) is 11.3 Å². The van der Waals surface area contributed by atoms with Crippen molar-refractivity contribution in [1.29, 1.82) is 0 Å². The Balaban J connectivity index is 1.60. The van der Waals surface area contributed by atoms with Gasteiger partial charge in [0, 0.05) is 39.7 Å². The average molecular weight is 547 g/mol. The van der Waals surface area contributed by atoms with E-state index in [0.29, 0.717) is 22.3 Å². The number of benzene rings is 3. The van der Waals surface area contributed by atoms with Gasteiger partial charge in [-0.15, -0.1) is 0 Å². The largest absolute Gasteiger partial charge is 0.508 e. The molecule has 1 amide bonds. The van der Waals surface area contributed by atoms with Gasteiger partial charge in [0.2, 0.25) is 0 Å². The Labute approximate surface area is 243 Å². The number of hydrogen-bond acceptors (Lipinski definition) is 3. The van der Waals surface area contributed by atoms with E-state index in [1.807, 2.05) is 121 Å². The van der Waals surface area contributed by atoms with Crippen molar-refractivity contribution in [2.75, 3.05) is 4.90 Å². The van der Waals surface area contributed by atoms with Gasteiger partial charge in [-0.25, -0.2) is 0 Å². The number of phenolic OH excluding ortho intramolecular Hbond substituents is 1. The molecule has 7 rings (SSSR count). The molecule has 0 bridgehead atoms. The second-order valence-electron chi connectivity index (χ2n) is 10.2. The van der Waals surface area contributed by atoms with E-state index < -0.39 is 5.92 Å². The summed E-state index contributed by atoms with van der Waals surface area (Å²) in [6, 6.07) is 35.4. The van der Waals surface area contributed by atoms with Crippen LogP contribution in [0.2, 0.25) is 0 Å². The zero-order valence-electron chi connectivity index (χ0n) is 22.6. The van der Waals surface area contributed by atoms with Gasteiger partial charge in [-0.2, -0.15) is 0 Å². The summed E-state index contributed by atoms with van der Waals surface area (Å²) in [7, 11) is 0. The number of para-hydroxylation sites is 2. The van der Waals surface area contributed by atoms with Crippen molar-refractivity contribution in [1.82, 2.24) is 4.57 Å². The van der Waals surface area contributed by atoms with Gasteiger partial charge in [-0.3, -0.25) is 19.1 Å². The molecular weight excluding hydrogens is 520 g/mol. The molecule has 5 heteroatoms. The second kappa shape index (κ2) is 10.4. The van der Waals surface area contributed by atoms with Crippen LogP contribution in [0.5, 0.6) is 5.75 Å². The molecule has 3 aromatic carbocycles. The summed E-state index contributed by atoms with van der Waals surface area (Å²) in [6.07, 6.45) is 9.78. The van der Waals surface area contributed by atoms with Crippen molar-refractivity contribution in [2.45, 2.75) is 0 Å². The number of fused-ring (bicyclic) bond motifs is 2. The maximum absolute atomic E-state index is 14.6. The average Bonchev–Trinajstić information content (AvgIpc) is 3.20. The Morgan fingerprint density at radius 3 is 2.02 bits per heavy atom. The lowest BCUT2D eigenvalue weighted by molar-refractivity contribution is -0.114. The number of phenols is 1. The highest BCUT2D eigenvalue weighted by atomic mass is 16.3. The second-order valence-corrected chi connectivity index (χ2v) is 10.2. The molecule has 2 aliphatic heterocycles. The third-order valence-corrected chi connectivity index (χ3v) is 7.76. The zero-order valence-corrected chi connectivity index (χ0v) is 22.6. The Hall–Kier alpha value is -5.68. The first-order chi connectivity index (χ1) is 20.6. The monoisotopic (exact) mass is 546 g/mol. The number of anilines is 1. The summed E-state index contributed by atoms with van der Waals surface area (Å²) < 4.78 is 1.71. The number of rotatable bonds is 4. The minimum Gasteiger partial charge on any atom is -0.508 e. The predicted octanol–water partition coefficient (Wildman–Crippen LogP) is 7.12. The normalized spacial score (nSPS) is 17.2. The van der Waals surface area contributed by atoms with Gasteiger partial charge in [0.25, 0.3) is 11.5 Å². The van der Waals surface area contributed by atoms with Crippen LogP contribution in [-0.2, 0) is 4.79 Å². The van der Waals surface area contributed by atoms with Crippen LogP contribution in [0.3, 0.4) is 0 Å². The van der Waals surface area contributed by atoms with Crippen LogP contribution in [0.1, 0.15) is 11.1 Å². The zero-order chi connectivity index (χ0) is 28.6. The molecule has 42 heavy (non-hydrogen) atoms. The topological polar surface area (TPSA) is 62.5 Å². The molecule has 2 aliphatic carbocycles. The third kappa shape index (κ3) is 4.11. The maximum Gasteiger partial charge on any atom is 0.264 e. The first-order valence-electron chi connectivity index (χ1n) is 13.8. The lowest BCUT2D eigenvalue weighted by Gasteiger charge is -2.18. The molecule has 5 nitrogen and oxygen atoms in total. The minimum atomic E-state index is -0.400. The van der Waals surface area contributed by atoms with E-state index in [9.17, 15) is 14.7 Å². The van der Waals surface area contributed by atoms with E-state index in [1.165, 1.54) is 0 Å². The fraction of sp³-hybridized carbons (Fsp3) is 0.0270. The van der Waals surface area contributed by atoms with Gasteiger partial charge in [0.1, 0.15) is 5.75 Å². The highest BCUT2D eigenvalue weighted by molar-refractivity contribution is 6.19. The van der Waals surface area contributed by atoms with E-state index in [4.69, 9.17) is 0 Å². The minimum absolute atomic E-state index is 0.103. The smallest absolute Gasteiger partial charge is 0.264 e.